The Morgan fingerprint density at radius 3 is 2.71 bits per heavy atom. The third-order valence-electron chi connectivity index (χ3n) is 3.86. The molecule has 0 aliphatic heterocycles. The van der Waals surface area contributed by atoms with Crippen LogP contribution in [-0.4, -0.2) is 18.1 Å². The van der Waals surface area contributed by atoms with E-state index in [1.807, 2.05) is 0 Å². The van der Waals surface area contributed by atoms with E-state index in [-0.39, 0.29) is 11.5 Å². The molecule has 3 rings (SSSR count). The van der Waals surface area contributed by atoms with Gasteiger partial charge in [0.25, 0.3) is 0 Å². The number of nitrogens with zero attached hydrogens (tertiary/aromatic N) is 1. The summed E-state index contributed by atoms with van der Waals surface area (Å²) in [7, 11) is 1.33. The second-order valence-electron chi connectivity index (χ2n) is 5.16. The Morgan fingerprint density at radius 2 is 1.95 bits per heavy atom. The number of ether oxygens (including phenoxy) is 1. The first-order valence-electron chi connectivity index (χ1n) is 7.06. The fourth-order valence-corrected chi connectivity index (χ4v) is 2.83. The second kappa shape index (κ2) is 5.64. The molecule has 0 unspecified atom stereocenters. The molecule has 3 nitrogen and oxygen atoms in total. The van der Waals surface area contributed by atoms with Gasteiger partial charge < -0.3 is 4.74 Å². The molecular weight excluding hydrogens is 269 g/mol. The van der Waals surface area contributed by atoms with E-state index in [1.54, 1.807) is 24.3 Å². The summed E-state index contributed by atoms with van der Waals surface area (Å²) in [6.07, 6.45) is 3.80. The van der Waals surface area contributed by atoms with Crippen LogP contribution in [0.1, 0.15) is 34.6 Å². The van der Waals surface area contributed by atoms with Gasteiger partial charge in [-0.25, -0.2) is 14.2 Å². The Kier molecular flexibility index (Phi) is 3.69. The summed E-state index contributed by atoms with van der Waals surface area (Å²) in [5.74, 6) is -0.770. The lowest BCUT2D eigenvalue weighted by atomic mass is 9.88. The molecule has 0 N–H and O–H groups in total. The predicted octanol–water partition coefficient (Wildman–Crippen LogP) is 3.55. The zero-order valence-electron chi connectivity index (χ0n) is 11.9. The monoisotopic (exact) mass is 285 g/mol. The molecule has 0 bridgehead atoms. The molecule has 0 amide bonds. The molecule has 108 valence electrons. The molecule has 1 aliphatic rings. The lowest BCUT2D eigenvalue weighted by Gasteiger charge is -2.20. The summed E-state index contributed by atoms with van der Waals surface area (Å²) in [6.45, 7) is 0. The van der Waals surface area contributed by atoms with Gasteiger partial charge in [0, 0.05) is 11.3 Å². The number of hydrogen-bond acceptors (Lipinski definition) is 3. The first kappa shape index (κ1) is 13.7. The van der Waals surface area contributed by atoms with Crippen molar-refractivity contribution >= 4 is 5.97 Å². The smallest absolute Gasteiger partial charge is 0.356 e. The summed E-state index contributed by atoms with van der Waals surface area (Å²) < 4.78 is 18.9. The van der Waals surface area contributed by atoms with Crippen LogP contribution in [0, 0.1) is 5.82 Å². The van der Waals surface area contributed by atoms with Gasteiger partial charge in [-0.05, 0) is 48.9 Å². The fourth-order valence-electron chi connectivity index (χ4n) is 2.83. The zero-order chi connectivity index (χ0) is 14.8. The van der Waals surface area contributed by atoms with Crippen LogP contribution in [0.5, 0.6) is 0 Å². The number of hydrogen-bond donors (Lipinski definition) is 0. The molecule has 1 aliphatic carbocycles. The lowest BCUT2D eigenvalue weighted by Crippen LogP contribution is -2.13. The zero-order valence-corrected chi connectivity index (χ0v) is 11.9. The van der Waals surface area contributed by atoms with Crippen molar-refractivity contribution in [1.29, 1.82) is 0 Å². The molecule has 0 saturated carbocycles. The molecule has 1 aromatic heterocycles. The van der Waals surface area contributed by atoms with Gasteiger partial charge in [0.15, 0.2) is 0 Å². The van der Waals surface area contributed by atoms with E-state index in [1.165, 1.54) is 13.2 Å². The van der Waals surface area contributed by atoms with Crippen molar-refractivity contribution in [3.63, 3.8) is 0 Å². The number of pyridine rings is 1. The van der Waals surface area contributed by atoms with Crippen LogP contribution in [0.15, 0.2) is 30.3 Å². The Morgan fingerprint density at radius 1 is 1.19 bits per heavy atom. The number of fused-ring (bicyclic) bond motifs is 1. The van der Waals surface area contributed by atoms with Gasteiger partial charge in [-0.1, -0.05) is 18.2 Å². The Bertz CT molecular complexity index is 697. The molecule has 0 spiro atoms. The topological polar surface area (TPSA) is 39.2 Å². The lowest BCUT2D eigenvalue weighted by molar-refractivity contribution is 0.0593. The van der Waals surface area contributed by atoms with Crippen molar-refractivity contribution < 1.29 is 13.9 Å². The molecule has 0 radical (unpaired) electrons. The van der Waals surface area contributed by atoms with E-state index in [0.717, 1.165) is 42.5 Å². The highest BCUT2D eigenvalue weighted by atomic mass is 19.1. The minimum Gasteiger partial charge on any atom is -0.464 e. The van der Waals surface area contributed by atoms with Crippen molar-refractivity contribution in [2.75, 3.05) is 7.11 Å². The molecule has 4 heteroatoms. The summed E-state index contributed by atoms with van der Waals surface area (Å²) in [6, 6.07) is 8.28. The molecule has 2 aromatic rings. The van der Waals surface area contributed by atoms with Crippen molar-refractivity contribution in [3.05, 3.63) is 53.1 Å². The van der Waals surface area contributed by atoms with Gasteiger partial charge in [0.1, 0.15) is 11.5 Å². The minimum absolute atomic E-state index is 0.247. The van der Waals surface area contributed by atoms with Gasteiger partial charge in [-0.3, -0.25) is 0 Å². The minimum atomic E-state index is -0.485. The van der Waals surface area contributed by atoms with E-state index >= 15 is 0 Å². The number of carbonyl (C=O) groups excluding carboxylic acids is 1. The van der Waals surface area contributed by atoms with Crippen LogP contribution in [0.3, 0.4) is 0 Å². The van der Waals surface area contributed by atoms with Crippen LogP contribution in [0.4, 0.5) is 4.39 Å². The van der Waals surface area contributed by atoms with Crippen molar-refractivity contribution in [2.45, 2.75) is 25.7 Å². The van der Waals surface area contributed by atoms with E-state index < -0.39 is 5.97 Å². The largest absolute Gasteiger partial charge is 0.464 e. The molecule has 1 aromatic carbocycles. The predicted molar refractivity (Wildman–Crippen MR) is 77.6 cm³/mol. The van der Waals surface area contributed by atoms with Crippen molar-refractivity contribution in [1.82, 2.24) is 4.98 Å². The molecule has 0 saturated heterocycles. The number of aromatic nitrogens is 1. The highest BCUT2D eigenvalue weighted by Gasteiger charge is 2.21. The molecule has 0 fully saturated rings. The third-order valence-corrected chi connectivity index (χ3v) is 3.86. The summed E-state index contributed by atoms with van der Waals surface area (Å²) >= 11 is 0. The van der Waals surface area contributed by atoms with Crippen molar-refractivity contribution in [2.24, 2.45) is 0 Å². The Hall–Kier alpha value is -2.23. The second-order valence-corrected chi connectivity index (χ2v) is 5.16. The number of esters is 1. The van der Waals surface area contributed by atoms with E-state index in [0.29, 0.717) is 5.56 Å². The number of rotatable bonds is 2. The average molecular weight is 285 g/mol. The van der Waals surface area contributed by atoms with Crippen LogP contribution < -0.4 is 0 Å². The summed E-state index contributed by atoms with van der Waals surface area (Å²) in [4.78, 5) is 16.2. The number of benzene rings is 1. The highest BCUT2D eigenvalue weighted by molar-refractivity contribution is 5.89. The van der Waals surface area contributed by atoms with Gasteiger partial charge in [-0.2, -0.15) is 0 Å². The number of halogens is 1. The van der Waals surface area contributed by atoms with Crippen molar-refractivity contribution in [3.8, 4) is 11.1 Å². The molecular formula is C17H16FNO2. The Balaban J connectivity index is 2.22. The molecule has 21 heavy (non-hydrogen) atoms. The van der Waals surface area contributed by atoms with Crippen LogP contribution in [-0.2, 0) is 17.6 Å². The van der Waals surface area contributed by atoms with Crippen LogP contribution in [0.25, 0.3) is 11.1 Å². The van der Waals surface area contributed by atoms with Gasteiger partial charge in [0.05, 0.1) is 7.11 Å². The van der Waals surface area contributed by atoms with Gasteiger partial charge >= 0.3 is 5.97 Å². The standard InChI is InChI=1S/C17H16FNO2/c1-21-17(20)16-10-13(11-6-2-4-8-14(11)18)12-7-3-5-9-15(12)19-16/h2,4,6,8,10H,3,5,7,9H2,1H3. The highest BCUT2D eigenvalue weighted by Crippen LogP contribution is 2.32. The maximum absolute atomic E-state index is 14.1. The van der Waals surface area contributed by atoms with Crippen LogP contribution >= 0.6 is 0 Å². The normalized spacial score (nSPS) is 13.6. The molecule has 0 atom stereocenters. The SMILES string of the molecule is COC(=O)c1cc(-c2ccccc2F)c2c(n1)CCCC2. The van der Waals surface area contributed by atoms with E-state index in [2.05, 4.69) is 4.98 Å². The van der Waals surface area contributed by atoms with Crippen LogP contribution in [0.2, 0.25) is 0 Å². The number of aryl methyl sites for hydroxylation is 1. The average Bonchev–Trinajstić information content (AvgIpc) is 2.53. The number of carbonyl (C=O) groups is 1. The number of methoxy groups -OCH3 is 1. The van der Waals surface area contributed by atoms with E-state index in [4.69, 9.17) is 4.74 Å². The maximum Gasteiger partial charge on any atom is 0.356 e. The quantitative estimate of drug-likeness (QED) is 0.792. The first-order chi connectivity index (χ1) is 10.2. The summed E-state index contributed by atoms with van der Waals surface area (Å²) in [5, 5.41) is 0. The third kappa shape index (κ3) is 2.53. The Labute approximate surface area is 122 Å². The van der Waals surface area contributed by atoms with E-state index in [9.17, 15) is 9.18 Å². The summed E-state index contributed by atoms with van der Waals surface area (Å²) in [5.41, 5.74) is 3.47. The maximum atomic E-state index is 14.1. The van der Waals surface area contributed by atoms with Gasteiger partial charge in [-0.15, -0.1) is 0 Å². The van der Waals surface area contributed by atoms with Gasteiger partial charge in [0.2, 0.25) is 0 Å². The molecule has 1 heterocycles. The fraction of sp³-hybridized carbons (Fsp3) is 0.294. The first-order valence-corrected chi connectivity index (χ1v) is 7.06.